The average Bonchev–Trinajstić information content (AvgIpc) is 2.39. The molecule has 0 saturated carbocycles. The van der Waals surface area contributed by atoms with Crippen LogP contribution in [0.25, 0.3) is 11.1 Å². The number of hydrogen-bond donors (Lipinski definition) is 0. The molecular formula is C13H10ClNO2. The second-order valence-electron chi connectivity index (χ2n) is 3.70. The summed E-state index contributed by atoms with van der Waals surface area (Å²) in [5, 5.41) is 0.490. The highest BCUT2D eigenvalue weighted by atomic mass is 35.5. The Balaban J connectivity index is 2.07. The van der Waals surface area contributed by atoms with Gasteiger partial charge in [-0.05, 0) is 29.8 Å². The molecule has 0 atom stereocenters. The van der Waals surface area contributed by atoms with E-state index in [2.05, 4.69) is 4.98 Å². The van der Waals surface area contributed by atoms with E-state index >= 15 is 0 Å². The van der Waals surface area contributed by atoms with Crippen LogP contribution < -0.4 is 9.47 Å². The van der Waals surface area contributed by atoms with E-state index in [9.17, 15) is 0 Å². The van der Waals surface area contributed by atoms with Crippen molar-refractivity contribution in [1.29, 1.82) is 0 Å². The molecule has 0 amide bonds. The molecule has 0 bridgehead atoms. The van der Waals surface area contributed by atoms with Crippen molar-refractivity contribution in [1.82, 2.24) is 4.98 Å². The summed E-state index contributed by atoms with van der Waals surface area (Å²) >= 11 is 6.06. The number of nitrogens with zero attached hydrogens (tertiary/aromatic N) is 1. The minimum absolute atomic E-state index is 0.490. The predicted molar refractivity (Wildman–Crippen MR) is 65.7 cm³/mol. The van der Waals surface area contributed by atoms with Gasteiger partial charge in [0.1, 0.15) is 18.4 Å². The van der Waals surface area contributed by atoms with Crippen LogP contribution in [0.5, 0.6) is 11.5 Å². The Bertz CT molecular complexity index is 557. The second-order valence-corrected chi connectivity index (χ2v) is 4.06. The summed E-state index contributed by atoms with van der Waals surface area (Å²) in [6, 6.07) is 9.57. The third-order valence-electron chi connectivity index (χ3n) is 2.61. The lowest BCUT2D eigenvalue weighted by Gasteiger charge is -2.19. The number of benzene rings is 1. The van der Waals surface area contributed by atoms with Crippen LogP contribution in [0.2, 0.25) is 5.15 Å². The normalized spacial score (nSPS) is 13.5. The molecule has 1 aromatic carbocycles. The summed E-state index contributed by atoms with van der Waals surface area (Å²) in [6.45, 7) is 1.18. The van der Waals surface area contributed by atoms with Gasteiger partial charge < -0.3 is 9.47 Å². The van der Waals surface area contributed by atoms with Crippen molar-refractivity contribution in [2.75, 3.05) is 13.2 Å². The van der Waals surface area contributed by atoms with E-state index < -0.39 is 0 Å². The molecule has 0 radical (unpaired) electrons. The van der Waals surface area contributed by atoms with Crippen LogP contribution in [0.1, 0.15) is 0 Å². The van der Waals surface area contributed by atoms with Crippen molar-refractivity contribution in [3.8, 4) is 22.6 Å². The fourth-order valence-corrected chi connectivity index (χ4v) is 2.04. The minimum Gasteiger partial charge on any atom is -0.486 e. The molecule has 3 rings (SSSR count). The van der Waals surface area contributed by atoms with E-state index in [4.69, 9.17) is 21.1 Å². The van der Waals surface area contributed by atoms with Crippen molar-refractivity contribution in [2.24, 2.45) is 0 Å². The Hall–Kier alpha value is -1.74. The van der Waals surface area contributed by atoms with Crippen LogP contribution in [0.3, 0.4) is 0 Å². The largest absolute Gasteiger partial charge is 0.486 e. The molecule has 1 aromatic heterocycles. The summed E-state index contributed by atoms with van der Waals surface area (Å²) in [5.74, 6) is 1.54. The first-order chi connectivity index (χ1) is 8.34. The third-order valence-corrected chi connectivity index (χ3v) is 2.91. The first-order valence-electron chi connectivity index (χ1n) is 5.35. The molecule has 0 aliphatic carbocycles. The number of aromatic nitrogens is 1. The van der Waals surface area contributed by atoms with E-state index in [0.29, 0.717) is 18.4 Å². The molecule has 17 heavy (non-hydrogen) atoms. The molecule has 0 saturated heterocycles. The van der Waals surface area contributed by atoms with Crippen LogP contribution >= 0.6 is 11.6 Å². The van der Waals surface area contributed by atoms with Crippen molar-refractivity contribution in [3.05, 3.63) is 41.7 Å². The van der Waals surface area contributed by atoms with Crippen LogP contribution in [0.4, 0.5) is 0 Å². The zero-order valence-electron chi connectivity index (χ0n) is 9.02. The Morgan fingerprint density at radius 2 is 1.88 bits per heavy atom. The first kappa shape index (κ1) is 10.4. The van der Waals surface area contributed by atoms with Crippen molar-refractivity contribution >= 4 is 11.6 Å². The zero-order valence-corrected chi connectivity index (χ0v) is 9.78. The van der Waals surface area contributed by atoms with Crippen molar-refractivity contribution in [3.63, 3.8) is 0 Å². The molecule has 86 valence electrons. The maximum absolute atomic E-state index is 6.06. The standard InChI is InChI=1S/C13H10ClNO2/c14-13-10(2-1-5-15-13)9-3-4-11-12(8-9)17-7-6-16-11/h1-5,8H,6-7H2. The number of pyridine rings is 1. The Morgan fingerprint density at radius 3 is 2.71 bits per heavy atom. The molecule has 4 heteroatoms. The highest BCUT2D eigenvalue weighted by molar-refractivity contribution is 6.32. The lowest BCUT2D eigenvalue weighted by atomic mass is 10.1. The molecule has 0 fully saturated rings. The average molecular weight is 248 g/mol. The van der Waals surface area contributed by atoms with Gasteiger partial charge in [0, 0.05) is 11.8 Å². The topological polar surface area (TPSA) is 31.4 Å². The van der Waals surface area contributed by atoms with Gasteiger partial charge in [0.15, 0.2) is 11.5 Å². The molecule has 1 aliphatic heterocycles. The fraction of sp³-hybridized carbons (Fsp3) is 0.154. The van der Waals surface area contributed by atoms with Crippen molar-refractivity contribution < 1.29 is 9.47 Å². The molecule has 2 aromatic rings. The molecule has 0 unspecified atom stereocenters. The van der Waals surface area contributed by atoms with Gasteiger partial charge in [-0.15, -0.1) is 0 Å². The summed E-state index contributed by atoms with van der Waals surface area (Å²) in [4.78, 5) is 4.06. The highest BCUT2D eigenvalue weighted by Crippen LogP contribution is 2.35. The second kappa shape index (κ2) is 4.26. The maximum atomic E-state index is 6.06. The zero-order chi connectivity index (χ0) is 11.7. The number of rotatable bonds is 1. The lowest BCUT2D eigenvalue weighted by Crippen LogP contribution is -2.15. The first-order valence-corrected chi connectivity index (χ1v) is 5.73. The van der Waals surface area contributed by atoms with E-state index in [1.54, 1.807) is 6.20 Å². The molecule has 1 aliphatic rings. The van der Waals surface area contributed by atoms with E-state index in [-0.39, 0.29) is 0 Å². The van der Waals surface area contributed by atoms with Gasteiger partial charge >= 0.3 is 0 Å². The van der Waals surface area contributed by atoms with Gasteiger partial charge in [0.25, 0.3) is 0 Å². The fourth-order valence-electron chi connectivity index (χ4n) is 1.81. The lowest BCUT2D eigenvalue weighted by molar-refractivity contribution is 0.171. The Morgan fingerprint density at radius 1 is 1.06 bits per heavy atom. The monoisotopic (exact) mass is 247 g/mol. The molecular weight excluding hydrogens is 238 g/mol. The minimum atomic E-state index is 0.490. The van der Waals surface area contributed by atoms with Crippen LogP contribution in [0.15, 0.2) is 36.5 Å². The highest BCUT2D eigenvalue weighted by Gasteiger charge is 2.13. The molecule has 2 heterocycles. The number of ether oxygens (including phenoxy) is 2. The van der Waals surface area contributed by atoms with Crippen LogP contribution in [0, 0.1) is 0 Å². The number of hydrogen-bond acceptors (Lipinski definition) is 3. The van der Waals surface area contributed by atoms with Crippen LogP contribution in [-0.4, -0.2) is 18.2 Å². The summed E-state index contributed by atoms with van der Waals surface area (Å²) in [6.07, 6.45) is 1.67. The van der Waals surface area contributed by atoms with E-state index in [1.807, 2.05) is 30.3 Å². The van der Waals surface area contributed by atoms with Crippen molar-refractivity contribution in [2.45, 2.75) is 0 Å². The summed E-state index contributed by atoms with van der Waals surface area (Å²) in [7, 11) is 0. The molecule has 3 nitrogen and oxygen atoms in total. The van der Waals surface area contributed by atoms with Gasteiger partial charge in [-0.1, -0.05) is 17.7 Å². The van der Waals surface area contributed by atoms with E-state index in [0.717, 1.165) is 22.6 Å². The van der Waals surface area contributed by atoms with Gasteiger partial charge in [0.2, 0.25) is 0 Å². The smallest absolute Gasteiger partial charge is 0.161 e. The summed E-state index contributed by atoms with van der Waals surface area (Å²) < 4.78 is 11.0. The van der Waals surface area contributed by atoms with Gasteiger partial charge in [-0.25, -0.2) is 4.98 Å². The van der Waals surface area contributed by atoms with Gasteiger partial charge in [-0.3, -0.25) is 0 Å². The predicted octanol–water partition coefficient (Wildman–Crippen LogP) is 3.17. The quantitative estimate of drug-likeness (QED) is 0.726. The molecule has 0 N–H and O–H groups in total. The summed E-state index contributed by atoms with van der Waals surface area (Å²) in [5.41, 5.74) is 1.87. The number of halogens is 1. The van der Waals surface area contributed by atoms with Crippen LogP contribution in [-0.2, 0) is 0 Å². The maximum Gasteiger partial charge on any atom is 0.161 e. The Kier molecular flexibility index (Phi) is 2.61. The Labute approximate surface area is 104 Å². The SMILES string of the molecule is Clc1ncccc1-c1ccc2c(c1)OCCO2. The third kappa shape index (κ3) is 1.94. The van der Waals surface area contributed by atoms with Gasteiger partial charge in [-0.2, -0.15) is 0 Å². The molecule has 0 spiro atoms. The number of fused-ring (bicyclic) bond motifs is 1. The van der Waals surface area contributed by atoms with Gasteiger partial charge in [0.05, 0.1) is 0 Å². The van der Waals surface area contributed by atoms with E-state index in [1.165, 1.54) is 0 Å².